The van der Waals surface area contributed by atoms with Gasteiger partial charge < -0.3 is 26.4 Å². The van der Waals surface area contributed by atoms with E-state index in [1.54, 1.807) is 18.2 Å². The number of carboxylic acids is 1. The molecule has 1 rings (SSSR count). The lowest BCUT2D eigenvalue weighted by Crippen LogP contribution is -2.66. The molecule has 0 radical (unpaired) electrons. The van der Waals surface area contributed by atoms with E-state index in [0.29, 0.717) is 0 Å². The summed E-state index contributed by atoms with van der Waals surface area (Å²) in [4.78, 5) is 22.0. The van der Waals surface area contributed by atoms with Gasteiger partial charge in [-0.3, -0.25) is 4.79 Å². The molecule has 0 aromatic heterocycles. The topological polar surface area (TPSA) is 133 Å². The highest BCUT2D eigenvalue weighted by atomic mass is 35.5. The molecule has 0 saturated carbocycles. The molecule has 1 aromatic carbocycles. The van der Waals surface area contributed by atoms with Crippen LogP contribution < -0.4 is 11.1 Å². The van der Waals surface area contributed by atoms with Crippen LogP contribution in [0.1, 0.15) is 0 Å². The van der Waals surface area contributed by atoms with Crippen LogP contribution in [-0.2, 0) is 9.59 Å². The first-order valence-electron chi connectivity index (χ1n) is 4.72. The van der Waals surface area contributed by atoms with Crippen molar-refractivity contribution in [3.63, 3.8) is 0 Å². The van der Waals surface area contributed by atoms with Crippen LogP contribution in [0.15, 0.2) is 30.3 Å². The second-order valence-electron chi connectivity index (χ2n) is 3.49. The normalized spacial score (nSPS) is 17.3. The van der Waals surface area contributed by atoms with Gasteiger partial charge >= 0.3 is 5.97 Å². The number of hydrogen-bond acceptors (Lipinski definition) is 5. The first kappa shape index (κ1) is 14.2. The zero-order chi connectivity index (χ0) is 14.0. The number of rotatable bonds is 5. The number of anilines is 1. The van der Waals surface area contributed by atoms with Gasteiger partial charge in [0, 0.05) is 5.69 Å². The van der Waals surface area contributed by atoms with Gasteiger partial charge in [-0.2, -0.15) is 0 Å². The van der Waals surface area contributed by atoms with Crippen molar-refractivity contribution in [2.45, 2.75) is 10.8 Å². The SMILES string of the molecule is NC(=O)C(O)(Cl)C(O)(Nc1ccccc1)C(=O)O. The Hall–Kier alpha value is -1.83. The van der Waals surface area contributed by atoms with Crippen molar-refractivity contribution in [3.05, 3.63) is 30.3 Å². The highest BCUT2D eigenvalue weighted by Gasteiger charge is 2.59. The smallest absolute Gasteiger partial charge is 0.362 e. The molecule has 18 heavy (non-hydrogen) atoms. The van der Waals surface area contributed by atoms with Crippen molar-refractivity contribution in [2.75, 3.05) is 5.32 Å². The zero-order valence-electron chi connectivity index (χ0n) is 9.00. The highest BCUT2D eigenvalue weighted by molar-refractivity contribution is 6.36. The molecule has 2 unspecified atom stereocenters. The Balaban J connectivity index is 3.17. The van der Waals surface area contributed by atoms with Crippen LogP contribution in [0.3, 0.4) is 0 Å². The molecule has 6 N–H and O–H groups in total. The van der Waals surface area contributed by atoms with Gasteiger partial charge in [-0.15, -0.1) is 0 Å². The minimum Gasteiger partial charge on any atom is -0.478 e. The quantitative estimate of drug-likeness (QED) is 0.356. The lowest BCUT2D eigenvalue weighted by molar-refractivity contribution is -0.176. The van der Waals surface area contributed by atoms with E-state index in [-0.39, 0.29) is 5.69 Å². The average molecular weight is 275 g/mol. The van der Waals surface area contributed by atoms with Crippen LogP contribution in [0.5, 0.6) is 0 Å². The first-order chi connectivity index (χ1) is 8.22. The van der Waals surface area contributed by atoms with Crippen LogP contribution in [0.4, 0.5) is 5.69 Å². The number of nitrogens with two attached hydrogens (primary N) is 1. The second-order valence-corrected chi connectivity index (χ2v) is 4.04. The Labute approximate surface area is 107 Å². The van der Waals surface area contributed by atoms with E-state index in [2.05, 4.69) is 0 Å². The molecule has 0 heterocycles. The minimum atomic E-state index is -3.21. The van der Waals surface area contributed by atoms with E-state index >= 15 is 0 Å². The maximum absolute atomic E-state index is 11.0. The molecule has 0 aliphatic carbocycles. The van der Waals surface area contributed by atoms with E-state index in [0.717, 1.165) is 0 Å². The van der Waals surface area contributed by atoms with E-state index < -0.39 is 22.7 Å². The standard InChI is InChI=1S/C10H11ClN2O5/c11-9(17,7(12)14)10(18,8(15)16)13-6-4-2-1-3-5-6/h1-5,13,17-18H,(H2,12,14)(H,15,16). The third-order valence-electron chi connectivity index (χ3n) is 2.21. The molecule has 2 atom stereocenters. The van der Waals surface area contributed by atoms with Gasteiger partial charge in [-0.05, 0) is 12.1 Å². The average Bonchev–Trinajstić information content (AvgIpc) is 2.29. The van der Waals surface area contributed by atoms with Crippen molar-refractivity contribution in [3.8, 4) is 0 Å². The monoisotopic (exact) mass is 274 g/mol. The van der Waals surface area contributed by atoms with Crippen molar-refractivity contribution in [2.24, 2.45) is 5.73 Å². The van der Waals surface area contributed by atoms with Crippen molar-refractivity contribution in [1.29, 1.82) is 0 Å². The molecule has 8 heteroatoms. The van der Waals surface area contributed by atoms with Crippen molar-refractivity contribution in [1.82, 2.24) is 0 Å². The van der Waals surface area contributed by atoms with Gasteiger partial charge in [-0.25, -0.2) is 4.79 Å². The van der Waals surface area contributed by atoms with Gasteiger partial charge in [0.15, 0.2) is 0 Å². The summed E-state index contributed by atoms with van der Waals surface area (Å²) in [6, 6.07) is 7.54. The Morgan fingerprint density at radius 3 is 2.11 bits per heavy atom. The first-order valence-corrected chi connectivity index (χ1v) is 5.10. The van der Waals surface area contributed by atoms with Crippen LogP contribution in [0, 0.1) is 0 Å². The Morgan fingerprint density at radius 2 is 1.72 bits per heavy atom. The second kappa shape index (κ2) is 4.81. The molecule has 0 spiro atoms. The number of amides is 1. The molecular formula is C10H11ClN2O5. The Bertz CT molecular complexity index is 465. The number of alkyl halides is 1. The summed E-state index contributed by atoms with van der Waals surface area (Å²) < 4.78 is 0. The number of benzene rings is 1. The van der Waals surface area contributed by atoms with Crippen LogP contribution in [0.2, 0.25) is 0 Å². The largest absolute Gasteiger partial charge is 0.478 e. The highest BCUT2D eigenvalue weighted by Crippen LogP contribution is 2.28. The number of halogens is 1. The number of para-hydroxylation sites is 1. The Kier molecular flexibility index (Phi) is 3.80. The molecule has 7 nitrogen and oxygen atoms in total. The van der Waals surface area contributed by atoms with Gasteiger partial charge in [0.25, 0.3) is 16.7 Å². The van der Waals surface area contributed by atoms with Gasteiger partial charge in [-0.1, -0.05) is 29.8 Å². The van der Waals surface area contributed by atoms with Crippen LogP contribution >= 0.6 is 11.6 Å². The maximum atomic E-state index is 11.0. The van der Waals surface area contributed by atoms with Gasteiger partial charge in [0.1, 0.15) is 0 Å². The molecular weight excluding hydrogens is 264 g/mol. The molecule has 0 saturated heterocycles. The summed E-state index contributed by atoms with van der Waals surface area (Å²) in [5.41, 5.74) is 1.73. The number of aliphatic hydroxyl groups is 2. The summed E-state index contributed by atoms with van der Waals surface area (Å²) in [6.07, 6.45) is 0. The fourth-order valence-electron chi connectivity index (χ4n) is 1.19. The lowest BCUT2D eigenvalue weighted by atomic mass is 10.0. The van der Waals surface area contributed by atoms with Crippen molar-refractivity contribution >= 4 is 29.2 Å². The van der Waals surface area contributed by atoms with Gasteiger partial charge in [0.05, 0.1) is 0 Å². The fourth-order valence-corrected chi connectivity index (χ4v) is 1.31. The molecule has 0 aliphatic rings. The molecule has 98 valence electrons. The fraction of sp³-hybridized carbons (Fsp3) is 0.200. The predicted molar refractivity (Wildman–Crippen MR) is 62.6 cm³/mol. The number of aliphatic carboxylic acids is 1. The summed E-state index contributed by atoms with van der Waals surface area (Å²) in [5, 5.41) is 27.1. The number of carboxylic acid groups (broad SMARTS) is 1. The number of carbonyl (C=O) groups is 2. The van der Waals surface area contributed by atoms with E-state index in [4.69, 9.17) is 22.4 Å². The zero-order valence-corrected chi connectivity index (χ0v) is 9.76. The van der Waals surface area contributed by atoms with Gasteiger partial charge in [0.2, 0.25) is 0 Å². The third-order valence-corrected chi connectivity index (χ3v) is 2.67. The number of carbonyl (C=O) groups excluding carboxylic acids is 1. The number of hydrogen-bond donors (Lipinski definition) is 5. The molecule has 1 aromatic rings. The van der Waals surface area contributed by atoms with Crippen LogP contribution in [0.25, 0.3) is 0 Å². The molecule has 0 fully saturated rings. The Morgan fingerprint density at radius 1 is 1.22 bits per heavy atom. The third kappa shape index (κ3) is 2.37. The summed E-state index contributed by atoms with van der Waals surface area (Å²) in [7, 11) is 0. The minimum absolute atomic E-state index is 0.128. The molecule has 1 amide bonds. The van der Waals surface area contributed by atoms with E-state index in [9.17, 15) is 19.8 Å². The summed E-state index contributed by atoms with van der Waals surface area (Å²) in [6.45, 7) is 0. The van der Waals surface area contributed by atoms with Crippen LogP contribution in [-0.4, -0.2) is 38.0 Å². The van der Waals surface area contributed by atoms with Crippen molar-refractivity contribution < 1.29 is 24.9 Å². The number of primary amides is 1. The predicted octanol–water partition coefficient (Wildman–Crippen LogP) is -0.716. The summed E-state index contributed by atoms with van der Waals surface area (Å²) in [5.74, 6) is -3.56. The molecule has 0 bridgehead atoms. The van der Waals surface area contributed by atoms with E-state index in [1.807, 2.05) is 5.32 Å². The van der Waals surface area contributed by atoms with E-state index in [1.165, 1.54) is 12.1 Å². The summed E-state index contributed by atoms with van der Waals surface area (Å²) >= 11 is 5.31. The molecule has 0 aliphatic heterocycles. The maximum Gasteiger partial charge on any atom is 0.362 e. The number of nitrogens with one attached hydrogen (secondary N) is 1. The lowest BCUT2D eigenvalue weighted by Gasteiger charge is -2.34.